The van der Waals surface area contributed by atoms with Gasteiger partial charge in [0, 0.05) is 31.4 Å². The molecular weight excluding hydrogens is 429 g/mol. The topological polar surface area (TPSA) is 55.4 Å². The summed E-state index contributed by atoms with van der Waals surface area (Å²) < 4.78 is 18.5. The minimum absolute atomic E-state index is 0.0156. The van der Waals surface area contributed by atoms with E-state index >= 15 is 0 Å². The molecule has 3 rings (SSSR count). The van der Waals surface area contributed by atoms with Gasteiger partial charge in [0.1, 0.15) is 5.82 Å². The molecule has 166 valence electrons. The molecule has 0 bridgehead atoms. The Balaban J connectivity index is 1.96. The van der Waals surface area contributed by atoms with Gasteiger partial charge in [-0.25, -0.2) is 4.39 Å². The number of carbonyl (C=O) groups excluding carboxylic acids is 2. The molecule has 0 spiro atoms. The fraction of sp³-hybridized carbons (Fsp3) is 0.231. The molecule has 32 heavy (non-hydrogen) atoms. The molecule has 1 unspecified atom stereocenters. The predicted molar refractivity (Wildman–Crippen MR) is 126 cm³/mol. The first-order chi connectivity index (χ1) is 15.3. The van der Waals surface area contributed by atoms with Crippen LogP contribution in [0, 0.1) is 18.7 Å². The van der Waals surface area contributed by atoms with Crippen LogP contribution in [0.25, 0.3) is 11.1 Å². The zero-order valence-electron chi connectivity index (χ0n) is 18.2. The van der Waals surface area contributed by atoms with Crippen molar-refractivity contribution in [2.45, 2.75) is 20.3 Å². The maximum atomic E-state index is 13.3. The number of hydrogen-bond acceptors (Lipinski definition) is 3. The number of halogens is 2. The first-order valence-electron chi connectivity index (χ1n) is 10.3. The molecule has 0 heterocycles. The Kier molecular flexibility index (Phi) is 7.78. The van der Waals surface area contributed by atoms with E-state index < -0.39 is 11.7 Å². The van der Waals surface area contributed by atoms with Crippen molar-refractivity contribution in [2.75, 3.05) is 19.0 Å². The van der Waals surface area contributed by atoms with Crippen LogP contribution in [0.3, 0.4) is 0 Å². The van der Waals surface area contributed by atoms with E-state index in [1.165, 1.54) is 12.1 Å². The second-order valence-corrected chi connectivity index (χ2v) is 8.34. The highest BCUT2D eigenvalue weighted by molar-refractivity contribution is 6.34. The number of methoxy groups -OCH3 is 1. The van der Waals surface area contributed by atoms with Gasteiger partial charge < -0.3 is 10.1 Å². The molecule has 0 saturated heterocycles. The van der Waals surface area contributed by atoms with Gasteiger partial charge in [-0.3, -0.25) is 9.59 Å². The fourth-order valence-electron chi connectivity index (χ4n) is 3.42. The molecule has 1 amide bonds. The van der Waals surface area contributed by atoms with Gasteiger partial charge in [0.05, 0.1) is 10.6 Å². The van der Waals surface area contributed by atoms with Crippen LogP contribution in [-0.4, -0.2) is 25.4 Å². The van der Waals surface area contributed by atoms with E-state index in [-0.39, 0.29) is 22.3 Å². The van der Waals surface area contributed by atoms with E-state index in [9.17, 15) is 14.0 Å². The third-order valence-electron chi connectivity index (χ3n) is 5.06. The van der Waals surface area contributed by atoms with Crippen LogP contribution in [0.15, 0.2) is 60.7 Å². The Hall–Kier alpha value is -3.02. The quantitative estimate of drug-likeness (QED) is 0.393. The summed E-state index contributed by atoms with van der Waals surface area (Å²) >= 11 is 6.03. The van der Waals surface area contributed by atoms with Crippen LogP contribution < -0.4 is 5.32 Å². The highest BCUT2D eigenvalue weighted by atomic mass is 35.5. The predicted octanol–water partition coefficient (Wildman–Crippen LogP) is 6.56. The van der Waals surface area contributed by atoms with Crippen molar-refractivity contribution >= 4 is 29.0 Å². The minimum atomic E-state index is -0.522. The molecule has 0 saturated carbocycles. The molecule has 0 aliphatic carbocycles. The molecule has 3 aromatic rings. The first-order valence-corrected chi connectivity index (χ1v) is 10.6. The summed E-state index contributed by atoms with van der Waals surface area (Å²) in [5.74, 6) is -0.987. The summed E-state index contributed by atoms with van der Waals surface area (Å²) in [6.07, 6.45) is 0.322. The minimum Gasteiger partial charge on any atom is -0.384 e. The van der Waals surface area contributed by atoms with Gasteiger partial charge in [-0.15, -0.1) is 0 Å². The lowest BCUT2D eigenvalue weighted by molar-refractivity contribution is 0.0919. The summed E-state index contributed by atoms with van der Waals surface area (Å²) in [6, 6.07) is 16.8. The van der Waals surface area contributed by atoms with E-state index in [0.717, 1.165) is 22.8 Å². The van der Waals surface area contributed by atoms with E-state index in [1.807, 2.05) is 44.2 Å². The maximum Gasteiger partial charge on any atom is 0.257 e. The summed E-state index contributed by atoms with van der Waals surface area (Å²) in [6.45, 7) is 4.43. The van der Waals surface area contributed by atoms with Gasteiger partial charge in [-0.05, 0) is 60.4 Å². The molecule has 0 aromatic heterocycles. The van der Waals surface area contributed by atoms with E-state index in [2.05, 4.69) is 5.32 Å². The van der Waals surface area contributed by atoms with Gasteiger partial charge in [-0.1, -0.05) is 48.4 Å². The number of anilines is 1. The maximum absolute atomic E-state index is 13.3. The highest BCUT2D eigenvalue weighted by Crippen LogP contribution is 2.28. The van der Waals surface area contributed by atoms with Crippen LogP contribution >= 0.6 is 11.6 Å². The number of Topliss-reactive ketones (excluding diaryl/α,β-unsaturated/α-hetero) is 1. The van der Waals surface area contributed by atoms with Gasteiger partial charge in [0.2, 0.25) is 0 Å². The highest BCUT2D eigenvalue weighted by Gasteiger charge is 2.16. The number of rotatable bonds is 8. The van der Waals surface area contributed by atoms with Crippen molar-refractivity contribution in [2.24, 2.45) is 5.92 Å². The number of ether oxygens (including phenoxy) is 1. The second-order valence-electron chi connectivity index (χ2n) is 7.93. The molecule has 0 aliphatic heterocycles. The number of ketones is 1. The molecule has 1 N–H and O–H groups in total. The van der Waals surface area contributed by atoms with Crippen molar-refractivity contribution in [3.8, 4) is 11.1 Å². The van der Waals surface area contributed by atoms with Gasteiger partial charge in [0.15, 0.2) is 5.78 Å². The van der Waals surface area contributed by atoms with Crippen molar-refractivity contribution < 1.29 is 18.7 Å². The molecule has 0 aliphatic rings. The largest absolute Gasteiger partial charge is 0.384 e. The Labute approximate surface area is 192 Å². The molecule has 0 fully saturated rings. The van der Waals surface area contributed by atoms with Crippen LogP contribution in [-0.2, 0) is 4.74 Å². The Morgan fingerprint density at radius 2 is 1.75 bits per heavy atom. The number of aryl methyl sites for hydroxylation is 1. The van der Waals surface area contributed by atoms with Crippen LogP contribution in [0.5, 0.6) is 0 Å². The molecule has 4 nitrogen and oxygen atoms in total. The summed E-state index contributed by atoms with van der Waals surface area (Å²) in [5, 5.41) is 2.81. The monoisotopic (exact) mass is 453 g/mol. The van der Waals surface area contributed by atoms with E-state index in [4.69, 9.17) is 16.3 Å². The van der Waals surface area contributed by atoms with Gasteiger partial charge in [-0.2, -0.15) is 0 Å². The summed E-state index contributed by atoms with van der Waals surface area (Å²) in [7, 11) is 1.60. The fourth-order valence-corrected chi connectivity index (χ4v) is 3.68. The van der Waals surface area contributed by atoms with Crippen molar-refractivity contribution in [1.82, 2.24) is 0 Å². The zero-order valence-corrected chi connectivity index (χ0v) is 19.0. The van der Waals surface area contributed by atoms with E-state index in [0.29, 0.717) is 24.3 Å². The van der Waals surface area contributed by atoms with Crippen LogP contribution in [0.4, 0.5) is 10.1 Å². The average Bonchev–Trinajstić information content (AvgIpc) is 2.74. The summed E-state index contributed by atoms with van der Waals surface area (Å²) in [5.41, 5.74) is 3.94. The zero-order chi connectivity index (χ0) is 23.3. The lowest BCUT2D eigenvalue weighted by Crippen LogP contribution is -2.14. The Bertz CT molecular complexity index is 1130. The standard InChI is InChI=1S/C26H25ClFNO3/c1-16-4-6-18(7-5-16)19-11-20(25(30)10-17(2)15-32-3)13-22(12-19)29-26(31)23-9-8-21(28)14-24(23)27/h4-9,11-14,17H,10,15H2,1-3H3,(H,29,31). The smallest absolute Gasteiger partial charge is 0.257 e. The van der Waals surface area contributed by atoms with Crippen LogP contribution in [0.2, 0.25) is 5.02 Å². The second kappa shape index (κ2) is 10.5. The molecule has 1 atom stereocenters. The third-order valence-corrected chi connectivity index (χ3v) is 5.37. The van der Waals surface area contributed by atoms with Crippen LogP contribution in [0.1, 0.15) is 39.6 Å². The molecule has 0 radical (unpaired) electrons. The van der Waals surface area contributed by atoms with Gasteiger partial charge in [0.25, 0.3) is 5.91 Å². The van der Waals surface area contributed by atoms with Crippen molar-refractivity contribution in [3.05, 3.63) is 88.2 Å². The lowest BCUT2D eigenvalue weighted by atomic mass is 9.95. The lowest BCUT2D eigenvalue weighted by Gasteiger charge is -2.14. The SMILES string of the molecule is COCC(C)CC(=O)c1cc(NC(=O)c2ccc(F)cc2Cl)cc(-c2ccc(C)cc2)c1. The van der Waals surface area contributed by atoms with Gasteiger partial charge >= 0.3 is 0 Å². The number of nitrogens with one attached hydrogen (secondary N) is 1. The number of benzene rings is 3. The van der Waals surface area contributed by atoms with E-state index in [1.54, 1.807) is 19.2 Å². The summed E-state index contributed by atoms with van der Waals surface area (Å²) in [4.78, 5) is 25.7. The van der Waals surface area contributed by atoms with Crippen molar-refractivity contribution in [1.29, 1.82) is 0 Å². The number of amides is 1. The molecule has 3 aromatic carbocycles. The molecule has 6 heteroatoms. The first kappa shape index (κ1) is 23.6. The van der Waals surface area contributed by atoms with Crippen molar-refractivity contribution in [3.63, 3.8) is 0 Å². The third kappa shape index (κ3) is 6.02. The Morgan fingerprint density at radius 1 is 1.03 bits per heavy atom. The Morgan fingerprint density at radius 3 is 2.41 bits per heavy atom. The number of carbonyl (C=O) groups is 2. The average molecular weight is 454 g/mol. The number of hydrogen-bond donors (Lipinski definition) is 1. The normalized spacial score (nSPS) is 11.8. The molecular formula is C26H25ClFNO3.